The molecule has 13 heteroatoms. The number of ether oxygens (including phenoxy) is 5. The highest BCUT2D eigenvalue weighted by Gasteiger charge is 2.41. The number of para-hydroxylation sites is 2. The Hall–Kier alpha value is -6.86. The van der Waals surface area contributed by atoms with Gasteiger partial charge in [0.05, 0.1) is 66.4 Å². The average Bonchev–Trinajstić information content (AvgIpc) is 3.79. The summed E-state index contributed by atoms with van der Waals surface area (Å²) in [5.41, 5.74) is 6.32. The van der Waals surface area contributed by atoms with Crippen molar-refractivity contribution < 1.29 is 38.1 Å². The Balaban J connectivity index is 1.04. The van der Waals surface area contributed by atoms with E-state index in [1.54, 1.807) is 37.3 Å². The minimum Gasteiger partial charge on any atom is -0.493 e. The van der Waals surface area contributed by atoms with E-state index >= 15 is 0 Å². The van der Waals surface area contributed by atoms with Gasteiger partial charge in [-0.1, -0.05) is 36.4 Å². The maximum absolute atomic E-state index is 14.8. The van der Waals surface area contributed by atoms with Gasteiger partial charge in [-0.3, -0.25) is 24.3 Å². The Morgan fingerprint density at radius 3 is 1.90 bits per heavy atom. The summed E-state index contributed by atoms with van der Waals surface area (Å²) in [5, 5.41) is 3.52. The fraction of sp³-hybridized carbons (Fsp3) is 0.382. The first-order valence-corrected chi connectivity index (χ1v) is 23.3. The number of amides is 3. The Kier molecular flexibility index (Phi) is 12.0. The van der Waals surface area contributed by atoms with Gasteiger partial charge in [-0.15, -0.1) is 0 Å². The number of hydrogen-bond donors (Lipinski definition) is 1. The van der Waals surface area contributed by atoms with Crippen molar-refractivity contribution in [2.24, 2.45) is 10.4 Å². The van der Waals surface area contributed by atoms with Gasteiger partial charge in [0, 0.05) is 53.9 Å². The molecule has 68 heavy (non-hydrogen) atoms. The summed E-state index contributed by atoms with van der Waals surface area (Å²) in [7, 11) is 3.11. The summed E-state index contributed by atoms with van der Waals surface area (Å²) < 4.78 is 31.1. The van der Waals surface area contributed by atoms with Crippen molar-refractivity contribution in [3.05, 3.63) is 124 Å². The lowest BCUT2D eigenvalue weighted by molar-refractivity contribution is -0.134. The number of carbonyl (C=O) groups is 3. The highest BCUT2D eigenvalue weighted by molar-refractivity contribution is 6.15. The molecule has 0 fully saturated rings. The second kappa shape index (κ2) is 17.7. The molecule has 0 saturated heterocycles. The lowest BCUT2D eigenvalue weighted by atomic mass is 9.89. The molecular formula is C55H61N5O8. The predicted molar refractivity (Wildman–Crippen MR) is 266 cm³/mol. The van der Waals surface area contributed by atoms with Crippen LogP contribution in [0.1, 0.15) is 98.4 Å². The van der Waals surface area contributed by atoms with Crippen LogP contribution in [-0.2, 0) is 35.6 Å². The smallest absolute Gasteiger partial charge is 0.261 e. The van der Waals surface area contributed by atoms with E-state index in [0.717, 1.165) is 40.0 Å². The molecule has 4 aliphatic heterocycles. The van der Waals surface area contributed by atoms with Crippen molar-refractivity contribution in [3.8, 4) is 23.0 Å². The number of carbonyl (C=O) groups excluding carboxylic acids is 3. The van der Waals surface area contributed by atoms with Crippen molar-refractivity contribution in [1.29, 1.82) is 0 Å². The molecule has 0 aromatic heterocycles. The van der Waals surface area contributed by atoms with Crippen LogP contribution in [0.2, 0.25) is 0 Å². The second-order valence-corrected chi connectivity index (χ2v) is 20.6. The zero-order chi connectivity index (χ0) is 48.3. The van der Waals surface area contributed by atoms with Gasteiger partial charge in [0.25, 0.3) is 11.8 Å². The third kappa shape index (κ3) is 8.87. The van der Waals surface area contributed by atoms with Crippen molar-refractivity contribution in [1.82, 2.24) is 0 Å². The summed E-state index contributed by atoms with van der Waals surface area (Å²) in [6.45, 7) is 16.7. The van der Waals surface area contributed by atoms with E-state index in [-0.39, 0.29) is 49.6 Å². The quantitative estimate of drug-likeness (QED) is 0.130. The first-order valence-electron chi connectivity index (χ1n) is 23.3. The molecule has 13 nitrogen and oxygen atoms in total. The van der Waals surface area contributed by atoms with Gasteiger partial charge in [-0.25, -0.2) is 0 Å². The molecule has 0 aliphatic carbocycles. The Morgan fingerprint density at radius 2 is 1.28 bits per heavy atom. The van der Waals surface area contributed by atoms with Gasteiger partial charge in [0.1, 0.15) is 13.2 Å². The molecule has 3 amide bonds. The van der Waals surface area contributed by atoms with Gasteiger partial charge < -0.3 is 38.8 Å². The topological polar surface area (TPSA) is 131 Å². The maximum Gasteiger partial charge on any atom is 0.261 e. The van der Waals surface area contributed by atoms with Crippen molar-refractivity contribution in [2.45, 2.75) is 105 Å². The maximum atomic E-state index is 14.8. The standard InChI is InChI=1S/C55H61N5O8/c1-53(2,3)60(52(63)55(7,8)32-68-54(4,5)6)37-20-33(30-66-48-26-42-40(24-46(48)64-9)50(61)58-38(28-56-42)22-35-15-11-13-17-44(35)58)19-34(21-37)31-67-49-27-43-41(25-47(49)65-10)51(62)59-39(29-57-43)23-36-16-12-14-18-45(36)59/h11-21,24-28,38-39,57H,22-23,29-32H2,1-10H3/t38-,39-/m0/s1. The molecule has 4 heterocycles. The normalized spacial score (nSPS) is 17.1. The molecule has 4 aliphatic rings. The van der Waals surface area contributed by atoms with Crippen LogP contribution in [0, 0.1) is 5.41 Å². The van der Waals surface area contributed by atoms with Crippen LogP contribution in [0.5, 0.6) is 23.0 Å². The number of aliphatic imine (C=N–C) groups is 1. The molecule has 0 spiro atoms. The van der Waals surface area contributed by atoms with Gasteiger partial charge >= 0.3 is 0 Å². The van der Waals surface area contributed by atoms with E-state index in [4.69, 9.17) is 28.7 Å². The summed E-state index contributed by atoms with van der Waals surface area (Å²) in [5.74, 6) is 1.30. The van der Waals surface area contributed by atoms with Crippen molar-refractivity contribution in [2.75, 3.05) is 47.4 Å². The fourth-order valence-electron chi connectivity index (χ4n) is 9.53. The summed E-state index contributed by atoms with van der Waals surface area (Å²) in [6.07, 6.45) is 3.28. The molecule has 5 aromatic carbocycles. The molecule has 1 N–H and O–H groups in total. The number of methoxy groups -OCH3 is 2. The number of nitrogens with one attached hydrogen (secondary N) is 1. The van der Waals surface area contributed by atoms with Crippen molar-refractivity contribution >= 4 is 52.4 Å². The van der Waals surface area contributed by atoms with Crippen molar-refractivity contribution in [3.63, 3.8) is 0 Å². The van der Waals surface area contributed by atoms with E-state index < -0.39 is 16.6 Å². The molecule has 2 atom stereocenters. The highest BCUT2D eigenvalue weighted by Crippen LogP contribution is 2.43. The number of anilines is 4. The molecule has 0 unspecified atom stereocenters. The first kappa shape index (κ1) is 46.3. The van der Waals surface area contributed by atoms with Crippen LogP contribution in [0.15, 0.2) is 96.0 Å². The van der Waals surface area contributed by atoms with E-state index in [1.165, 1.54) is 0 Å². The monoisotopic (exact) mass is 919 g/mol. The molecule has 5 aromatic rings. The number of hydrogen-bond acceptors (Lipinski definition) is 10. The van der Waals surface area contributed by atoms with Gasteiger partial charge in [-0.2, -0.15) is 0 Å². The Morgan fingerprint density at radius 1 is 0.706 bits per heavy atom. The number of rotatable bonds is 12. The molecule has 9 rings (SSSR count). The van der Waals surface area contributed by atoms with Crippen LogP contribution in [0.25, 0.3) is 0 Å². The predicted octanol–water partition coefficient (Wildman–Crippen LogP) is 10.1. The minimum absolute atomic E-state index is 0.0265. The molecule has 354 valence electrons. The number of nitrogens with zero attached hydrogens (tertiary/aromatic N) is 4. The van der Waals surface area contributed by atoms with Gasteiger partial charge in [0.15, 0.2) is 23.0 Å². The van der Waals surface area contributed by atoms with Crippen LogP contribution in [-0.4, -0.2) is 74.5 Å². The fourth-order valence-corrected chi connectivity index (χ4v) is 9.53. The molecule has 0 bridgehead atoms. The number of benzene rings is 5. The lowest BCUT2D eigenvalue weighted by Crippen LogP contribution is -2.53. The third-order valence-electron chi connectivity index (χ3n) is 12.9. The van der Waals surface area contributed by atoms with E-state index in [1.807, 2.05) is 138 Å². The minimum atomic E-state index is -0.884. The van der Waals surface area contributed by atoms with Gasteiger partial charge in [-0.05, 0) is 127 Å². The first-order chi connectivity index (χ1) is 32.3. The molecule has 0 saturated carbocycles. The average molecular weight is 920 g/mol. The molecular weight excluding hydrogens is 859 g/mol. The van der Waals surface area contributed by atoms with Crippen LogP contribution < -0.4 is 39.0 Å². The largest absolute Gasteiger partial charge is 0.493 e. The Bertz CT molecular complexity index is 2840. The number of fused-ring (bicyclic) bond motifs is 8. The Labute approximate surface area is 399 Å². The third-order valence-corrected chi connectivity index (χ3v) is 12.9. The van der Waals surface area contributed by atoms with E-state index in [0.29, 0.717) is 64.2 Å². The van der Waals surface area contributed by atoms with Crippen LogP contribution in [0.4, 0.5) is 28.4 Å². The second-order valence-electron chi connectivity index (χ2n) is 20.6. The van der Waals surface area contributed by atoms with E-state index in [2.05, 4.69) is 11.4 Å². The molecule has 0 radical (unpaired) electrons. The lowest BCUT2D eigenvalue weighted by Gasteiger charge is -2.41. The van der Waals surface area contributed by atoms with E-state index in [9.17, 15) is 14.4 Å². The zero-order valence-corrected chi connectivity index (χ0v) is 40.7. The SMILES string of the molecule is COc1cc2c(cc1OCc1cc(COc3cc4c(cc3OC)C(=O)N3c5ccccc5C[C@H]3CN4)cc(N(C(=O)C(C)(C)COC(C)(C)C)C(C)(C)C)c1)N=C[C@@H]1Cc3ccccc3N1C2=O. The highest BCUT2D eigenvalue weighted by atomic mass is 16.5. The summed E-state index contributed by atoms with van der Waals surface area (Å²) in [4.78, 5) is 53.4. The summed E-state index contributed by atoms with van der Waals surface area (Å²) in [6, 6.07) is 28.7. The van der Waals surface area contributed by atoms with Crippen LogP contribution in [0.3, 0.4) is 0 Å². The van der Waals surface area contributed by atoms with Crippen LogP contribution >= 0.6 is 0 Å². The zero-order valence-electron chi connectivity index (χ0n) is 40.7. The van der Waals surface area contributed by atoms with Gasteiger partial charge in [0.2, 0.25) is 5.91 Å². The summed E-state index contributed by atoms with van der Waals surface area (Å²) >= 11 is 0.